The highest BCUT2D eigenvalue weighted by molar-refractivity contribution is 5.95. The van der Waals surface area contributed by atoms with Gasteiger partial charge < -0.3 is 4.74 Å². The fourth-order valence-corrected chi connectivity index (χ4v) is 3.42. The van der Waals surface area contributed by atoms with Crippen LogP contribution in [0.3, 0.4) is 0 Å². The standard InChI is InChI=1S/C16H24O2/c1-4-13-14-7-5-6-12(14)8-9-16(13)18-10-15(17)11(2)3/h5,7,12-14,16H,2,4,6,8-10H2,1,3H3. The molecule has 2 aliphatic rings. The van der Waals surface area contributed by atoms with E-state index in [1.165, 1.54) is 12.8 Å². The first-order chi connectivity index (χ1) is 8.63. The molecule has 0 heterocycles. The number of carbonyl (C=O) groups excluding carboxylic acids is 1. The lowest BCUT2D eigenvalue weighted by Crippen LogP contribution is -2.37. The van der Waals surface area contributed by atoms with Crippen molar-refractivity contribution in [1.29, 1.82) is 0 Å². The third-order valence-corrected chi connectivity index (χ3v) is 4.51. The van der Waals surface area contributed by atoms with Crippen molar-refractivity contribution in [2.75, 3.05) is 6.61 Å². The van der Waals surface area contributed by atoms with Gasteiger partial charge in [0.2, 0.25) is 0 Å². The summed E-state index contributed by atoms with van der Waals surface area (Å²) in [6.45, 7) is 7.86. The van der Waals surface area contributed by atoms with E-state index >= 15 is 0 Å². The van der Waals surface area contributed by atoms with Gasteiger partial charge in [-0.25, -0.2) is 0 Å². The van der Waals surface area contributed by atoms with E-state index in [9.17, 15) is 4.79 Å². The summed E-state index contributed by atoms with van der Waals surface area (Å²) in [6.07, 6.45) is 9.65. The molecule has 0 aromatic heterocycles. The van der Waals surface area contributed by atoms with Crippen LogP contribution in [0, 0.1) is 17.8 Å². The molecule has 0 spiro atoms. The van der Waals surface area contributed by atoms with E-state index in [0.29, 0.717) is 17.4 Å². The monoisotopic (exact) mass is 248 g/mol. The zero-order valence-corrected chi connectivity index (χ0v) is 11.5. The van der Waals surface area contributed by atoms with Gasteiger partial charge in [-0.1, -0.05) is 32.1 Å². The van der Waals surface area contributed by atoms with E-state index in [-0.39, 0.29) is 18.5 Å². The second-order valence-electron chi connectivity index (χ2n) is 5.70. The number of allylic oxidation sites excluding steroid dienone is 2. The SMILES string of the molecule is C=C(C)C(=O)COC1CCC2CC=CC2C1CC. The van der Waals surface area contributed by atoms with Crippen LogP contribution in [0.2, 0.25) is 0 Å². The number of rotatable bonds is 5. The molecule has 0 saturated heterocycles. The lowest BCUT2D eigenvalue weighted by molar-refractivity contribution is -0.125. The molecule has 2 heteroatoms. The van der Waals surface area contributed by atoms with Crippen molar-refractivity contribution >= 4 is 5.78 Å². The van der Waals surface area contributed by atoms with E-state index in [4.69, 9.17) is 4.74 Å². The van der Waals surface area contributed by atoms with Gasteiger partial charge in [0.1, 0.15) is 6.61 Å². The number of fused-ring (bicyclic) bond motifs is 1. The fraction of sp³-hybridized carbons (Fsp3) is 0.688. The first-order valence-electron chi connectivity index (χ1n) is 7.10. The number of carbonyl (C=O) groups is 1. The predicted molar refractivity (Wildman–Crippen MR) is 73.3 cm³/mol. The normalized spacial score (nSPS) is 34.3. The van der Waals surface area contributed by atoms with Crippen molar-refractivity contribution in [3.8, 4) is 0 Å². The average molecular weight is 248 g/mol. The summed E-state index contributed by atoms with van der Waals surface area (Å²) in [6, 6.07) is 0. The van der Waals surface area contributed by atoms with Gasteiger partial charge in [0, 0.05) is 0 Å². The maximum atomic E-state index is 11.6. The molecule has 0 radical (unpaired) electrons. The van der Waals surface area contributed by atoms with Gasteiger partial charge in [-0.2, -0.15) is 0 Å². The topological polar surface area (TPSA) is 26.3 Å². The molecular weight excluding hydrogens is 224 g/mol. The van der Waals surface area contributed by atoms with Gasteiger partial charge in [0.05, 0.1) is 6.10 Å². The summed E-state index contributed by atoms with van der Waals surface area (Å²) in [5.41, 5.74) is 0.595. The second kappa shape index (κ2) is 5.83. The Morgan fingerprint density at radius 1 is 1.44 bits per heavy atom. The Morgan fingerprint density at radius 2 is 2.22 bits per heavy atom. The van der Waals surface area contributed by atoms with E-state index in [1.807, 2.05) is 0 Å². The minimum absolute atomic E-state index is 0.0361. The van der Waals surface area contributed by atoms with Crippen molar-refractivity contribution in [3.63, 3.8) is 0 Å². The molecule has 4 unspecified atom stereocenters. The molecule has 2 nitrogen and oxygen atoms in total. The molecule has 0 aliphatic heterocycles. The molecule has 1 fully saturated rings. The summed E-state index contributed by atoms with van der Waals surface area (Å²) >= 11 is 0. The summed E-state index contributed by atoms with van der Waals surface area (Å²) in [7, 11) is 0. The smallest absolute Gasteiger partial charge is 0.183 e. The van der Waals surface area contributed by atoms with Crippen molar-refractivity contribution < 1.29 is 9.53 Å². The quantitative estimate of drug-likeness (QED) is 0.549. The Labute approximate surface area is 110 Å². The van der Waals surface area contributed by atoms with Crippen LogP contribution in [0.5, 0.6) is 0 Å². The molecule has 4 atom stereocenters. The largest absolute Gasteiger partial charge is 0.370 e. The zero-order chi connectivity index (χ0) is 13.1. The van der Waals surface area contributed by atoms with Crippen LogP contribution in [-0.4, -0.2) is 18.5 Å². The highest BCUT2D eigenvalue weighted by Gasteiger charge is 2.39. The number of Topliss-reactive ketones (excluding diaryl/α,β-unsaturated/α-hetero) is 1. The first kappa shape index (κ1) is 13.5. The Kier molecular flexibility index (Phi) is 4.39. The van der Waals surface area contributed by atoms with Crippen LogP contribution >= 0.6 is 0 Å². The lowest BCUT2D eigenvalue weighted by Gasteiger charge is -2.39. The maximum absolute atomic E-state index is 11.6. The van der Waals surface area contributed by atoms with Crippen LogP contribution in [-0.2, 0) is 9.53 Å². The highest BCUT2D eigenvalue weighted by Crippen LogP contribution is 2.44. The third-order valence-electron chi connectivity index (χ3n) is 4.51. The van der Waals surface area contributed by atoms with Gasteiger partial charge >= 0.3 is 0 Å². The molecule has 0 amide bonds. The van der Waals surface area contributed by atoms with Crippen molar-refractivity contribution in [2.45, 2.75) is 45.6 Å². The maximum Gasteiger partial charge on any atom is 0.183 e. The third kappa shape index (κ3) is 2.74. The minimum atomic E-state index is 0.0361. The van der Waals surface area contributed by atoms with Crippen molar-refractivity contribution in [2.24, 2.45) is 17.8 Å². The Morgan fingerprint density at radius 3 is 2.89 bits per heavy atom. The molecule has 2 rings (SSSR count). The predicted octanol–water partition coefficient (Wildman–Crippen LogP) is 3.53. The molecule has 1 saturated carbocycles. The molecule has 0 bridgehead atoms. The van der Waals surface area contributed by atoms with Crippen molar-refractivity contribution in [1.82, 2.24) is 0 Å². The summed E-state index contributed by atoms with van der Waals surface area (Å²) in [4.78, 5) is 11.6. The van der Waals surface area contributed by atoms with E-state index < -0.39 is 0 Å². The number of hydrogen-bond donors (Lipinski definition) is 0. The van der Waals surface area contributed by atoms with E-state index in [0.717, 1.165) is 18.8 Å². The van der Waals surface area contributed by atoms with Crippen molar-refractivity contribution in [3.05, 3.63) is 24.3 Å². The molecule has 100 valence electrons. The zero-order valence-electron chi connectivity index (χ0n) is 11.5. The van der Waals surface area contributed by atoms with Gasteiger partial charge in [-0.15, -0.1) is 0 Å². The summed E-state index contributed by atoms with van der Waals surface area (Å²) < 4.78 is 5.87. The van der Waals surface area contributed by atoms with Gasteiger partial charge in [0.15, 0.2) is 5.78 Å². The average Bonchev–Trinajstić information content (AvgIpc) is 2.83. The van der Waals surface area contributed by atoms with Crippen LogP contribution in [0.1, 0.15) is 39.5 Å². The number of hydrogen-bond acceptors (Lipinski definition) is 2. The molecule has 0 aromatic carbocycles. The molecule has 2 aliphatic carbocycles. The molecule has 18 heavy (non-hydrogen) atoms. The molecule has 0 N–H and O–H groups in total. The van der Waals surface area contributed by atoms with Crippen LogP contribution in [0.25, 0.3) is 0 Å². The van der Waals surface area contributed by atoms with E-state index in [1.54, 1.807) is 6.92 Å². The van der Waals surface area contributed by atoms with E-state index in [2.05, 4.69) is 25.7 Å². The van der Waals surface area contributed by atoms with Gasteiger partial charge in [0.25, 0.3) is 0 Å². The Bertz CT molecular complexity index is 356. The summed E-state index contributed by atoms with van der Waals surface area (Å²) in [5.74, 6) is 2.12. The molecule has 0 aromatic rings. The molecular formula is C16H24O2. The number of ketones is 1. The van der Waals surface area contributed by atoms with Gasteiger partial charge in [-0.3, -0.25) is 4.79 Å². The Hall–Kier alpha value is -0.890. The summed E-state index contributed by atoms with van der Waals surface area (Å²) in [5, 5.41) is 0. The first-order valence-corrected chi connectivity index (χ1v) is 7.10. The fourth-order valence-electron chi connectivity index (χ4n) is 3.42. The Balaban J connectivity index is 1.93. The van der Waals surface area contributed by atoms with Gasteiger partial charge in [-0.05, 0) is 49.5 Å². The van der Waals surface area contributed by atoms with Crippen LogP contribution in [0.15, 0.2) is 24.3 Å². The minimum Gasteiger partial charge on any atom is -0.370 e. The lowest BCUT2D eigenvalue weighted by atomic mass is 9.71. The van der Waals surface area contributed by atoms with Crippen LogP contribution in [0.4, 0.5) is 0 Å². The highest BCUT2D eigenvalue weighted by atomic mass is 16.5. The second-order valence-corrected chi connectivity index (χ2v) is 5.70. The number of ether oxygens (including phenoxy) is 1. The van der Waals surface area contributed by atoms with Crippen LogP contribution < -0.4 is 0 Å².